The first-order valence-corrected chi connectivity index (χ1v) is 13.6. The molecule has 0 saturated heterocycles. The number of aromatic nitrogens is 5. The minimum absolute atomic E-state index is 0.108. The number of aryl methyl sites for hydroxylation is 1. The topological polar surface area (TPSA) is 154 Å². The number of aliphatic imine (C=N–C) groups is 1. The van der Waals surface area contributed by atoms with Gasteiger partial charge >= 0.3 is 0 Å². The molecule has 0 fully saturated rings. The maximum Gasteiger partial charge on any atom is 0.243 e. The molecule has 12 nitrogen and oxygen atoms in total. The Bertz CT molecular complexity index is 1610. The van der Waals surface area contributed by atoms with Gasteiger partial charge in [-0.2, -0.15) is 0 Å². The molecule has 1 aliphatic rings. The Morgan fingerprint density at radius 1 is 1.10 bits per heavy atom. The third-order valence-corrected chi connectivity index (χ3v) is 7.37. The van der Waals surface area contributed by atoms with Crippen LogP contribution in [-0.2, 0) is 14.8 Å². The van der Waals surface area contributed by atoms with Crippen LogP contribution in [0.5, 0.6) is 11.5 Å². The molecule has 0 radical (unpaired) electrons. The van der Waals surface area contributed by atoms with E-state index in [0.717, 1.165) is 5.56 Å². The van der Waals surface area contributed by atoms with Gasteiger partial charge in [0.15, 0.2) is 17.3 Å². The van der Waals surface area contributed by atoms with Gasteiger partial charge in [-0.1, -0.05) is 11.8 Å². The molecule has 0 unspecified atom stereocenters. The number of methoxy groups -OCH3 is 1. The molecule has 3 heterocycles. The molecule has 4 rings (SSSR count). The second-order valence-electron chi connectivity index (χ2n) is 9.10. The number of sulfonamides is 1. The fraction of sp³-hybridized carbons (Fsp3) is 0.346. The number of ether oxygens (including phenoxy) is 2. The molecule has 1 aliphatic heterocycles. The smallest absolute Gasteiger partial charge is 0.243 e. The monoisotopic (exact) mass is 551 g/mol. The molecule has 2 atom stereocenters. The number of nitrogens with one attached hydrogen (secondary N) is 1. The SMILES string of the molecule is COc1cccc(O)c1-n1c(NS(=O)(=O)[C@@H](C)[C@@H](OC(C)C)c2ncc(C)cn2)nnc1C1=C=C=CC(C)=N1. The van der Waals surface area contributed by atoms with Crippen molar-refractivity contribution in [3.8, 4) is 17.2 Å². The van der Waals surface area contributed by atoms with Gasteiger partial charge in [-0.15, -0.1) is 10.2 Å². The van der Waals surface area contributed by atoms with E-state index in [1.807, 2.05) is 6.92 Å². The van der Waals surface area contributed by atoms with Crippen LogP contribution in [0.1, 0.15) is 51.0 Å². The molecule has 2 N–H and O–H groups in total. The fourth-order valence-electron chi connectivity index (χ4n) is 3.77. The summed E-state index contributed by atoms with van der Waals surface area (Å²) >= 11 is 0. The minimum Gasteiger partial charge on any atom is -0.506 e. The van der Waals surface area contributed by atoms with Gasteiger partial charge in [0.05, 0.1) is 13.2 Å². The Hall–Kier alpha value is -4.28. The van der Waals surface area contributed by atoms with E-state index in [4.69, 9.17) is 9.47 Å². The number of nitrogens with zero attached hydrogens (tertiary/aromatic N) is 6. The highest BCUT2D eigenvalue weighted by Gasteiger charge is 2.36. The molecule has 13 heteroatoms. The summed E-state index contributed by atoms with van der Waals surface area (Å²) < 4.78 is 42.7. The Labute approximate surface area is 226 Å². The number of rotatable bonds is 10. The lowest BCUT2D eigenvalue weighted by Gasteiger charge is -2.25. The van der Waals surface area contributed by atoms with E-state index in [-0.39, 0.29) is 46.6 Å². The minimum atomic E-state index is -4.20. The average Bonchev–Trinajstić information content (AvgIpc) is 3.29. The molecule has 0 aliphatic carbocycles. The third kappa shape index (κ3) is 5.92. The number of benzene rings is 1. The van der Waals surface area contributed by atoms with Crippen molar-refractivity contribution in [2.24, 2.45) is 4.99 Å². The molecule has 39 heavy (non-hydrogen) atoms. The fourth-order valence-corrected chi connectivity index (χ4v) is 4.86. The molecular formula is C26H29N7O5S. The van der Waals surface area contributed by atoms with Crippen molar-refractivity contribution in [3.63, 3.8) is 0 Å². The first-order valence-electron chi connectivity index (χ1n) is 12.1. The van der Waals surface area contributed by atoms with E-state index in [0.29, 0.717) is 5.71 Å². The predicted octanol–water partition coefficient (Wildman–Crippen LogP) is 3.50. The lowest BCUT2D eigenvalue weighted by Crippen LogP contribution is -2.35. The van der Waals surface area contributed by atoms with E-state index in [1.54, 1.807) is 51.4 Å². The Balaban J connectivity index is 1.83. The second kappa shape index (κ2) is 11.2. The molecule has 2 aromatic heterocycles. The highest BCUT2D eigenvalue weighted by atomic mass is 32.2. The van der Waals surface area contributed by atoms with Crippen molar-refractivity contribution in [2.75, 3.05) is 11.8 Å². The van der Waals surface area contributed by atoms with Gasteiger partial charge in [0.25, 0.3) is 0 Å². The van der Waals surface area contributed by atoms with Gasteiger partial charge in [-0.3, -0.25) is 9.29 Å². The van der Waals surface area contributed by atoms with Crippen LogP contribution in [0.4, 0.5) is 5.95 Å². The zero-order valence-corrected chi connectivity index (χ0v) is 23.2. The van der Waals surface area contributed by atoms with Crippen LogP contribution in [-0.4, -0.2) is 62.4 Å². The zero-order chi connectivity index (χ0) is 28.3. The molecular weight excluding hydrogens is 522 g/mol. The molecule has 1 aromatic carbocycles. The maximum atomic E-state index is 13.7. The highest BCUT2D eigenvalue weighted by Crippen LogP contribution is 2.37. The highest BCUT2D eigenvalue weighted by molar-refractivity contribution is 7.93. The summed E-state index contributed by atoms with van der Waals surface area (Å²) in [5.74, 6) is 0.175. The largest absolute Gasteiger partial charge is 0.506 e. The number of allylic oxidation sites excluding steroid dienone is 1. The van der Waals surface area contributed by atoms with E-state index in [1.165, 1.54) is 24.7 Å². The van der Waals surface area contributed by atoms with E-state index in [9.17, 15) is 13.5 Å². The third-order valence-electron chi connectivity index (χ3n) is 5.68. The number of phenols is 1. The van der Waals surface area contributed by atoms with Crippen molar-refractivity contribution in [2.45, 2.75) is 52.1 Å². The lowest BCUT2D eigenvalue weighted by atomic mass is 10.2. The van der Waals surface area contributed by atoms with Gasteiger partial charge < -0.3 is 14.6 Å². The number of hydrogen-bond acceptors (Lipinski definition) is 10. The molecule has 0 saturated carbocycles. The van der Waals surface area contributed by atoms with Crippen LogP contribution in [0.3, 0.4) is 0 Å². The first kappa shape index (κ1) is 27.7. The van der Waals surface area contributed by atoms with Crippen LogP contribution in [0.15, 0.2) is 53.1 Å². The summed E-state index contributed by atoms with van der Waals surface area (Å²) in [6.07, 6.45) is 3.54. The van der Waals surface area contributed by atoms with Gasteiger partial charge in [-0.05, 0) is 58.0 Å². The normalized spacial score (nSPS) is 14.6. The van der Waals surface area contributed by atoms with Gasteiger partial charge in [0.1, 0.15) is 28.5 Å². The number of phenolic OH excluding ortho intramolecular Hbond substituents is 1. The van der Waals surface area contributed by atoms with Crippen molar-refractivity contribution >= 4 is 27.4 Å². The van der Waals surface area contributed by atoms with E-state index in [2.05, 4.69) is 41.3 Å². The summed E-state index contributed by atoms with van der Waals surface area (Å²) in [5, 5.41) is 17.9. The molecule has 0 spiro atoms. The molecule has 3 aromatic rings. The van der Waals surface area contributed by atoms with Crippen molar-refractivity contribution in [1.82, 2.24) is 24.7 Å². The Morgan fingerprint density at radius 2 is 1.82 bits per heavy atom. The van der Waals surface area contributed by atoms with Crippen molar-refractivity contribution in [1.29, 1.82) is 0 Å². The lowest BCUT2D eigenvalue weighted by molar-refractivity contribution is 0.00152. The van der Waals surface area contributed by atoms with Crippen LogP contribution < -0.4 is 9.46 Å². The van der Waals surface area contributed by atoms with E-state index < -0.39 is 21.4 Å². The maximum absolute atomic E-state index is 13.7. The molecule has 204 valence electrons. The van der Waals surface area contributed by atoms with Gasteiger partial charge in [0, 0.05) is 24.2 Å². The summed E-state index contributed by atoms with van der Waals surface area (Å²) in [5.41, 5.74) is 7.51. The summed E-state index contributed by atoms with van der Waals surface area (Å²) in [6.45, 7) is 8.68. The van der Waals surface area contributed by atoms with Crippen LogP contribution in [0.2, 0.25) is 0 Å². The van der Waals surface area contributed by atoms with Gasteiger partial charge in [-0.25, -0.2) is 23.4 Å². The molecule has 0 amide bonds. The zero-order valence-electron chi connectivity index (χ0n) is 22.4. The van der Waals surface area contributed by atoms with E-state index >= 15 is 0 Å². The van der Waals surface area contributed by atoms with Crippen molar-refractivity contribution in [3.05, 3.63) is 65.3 Å². The van der Waals surface area contributed by atoms with Gasteiger partial charge in [0.2, 0.25) is 16.0 Å². The quantitative estimate of drug-likeness (QED) is 0.360. The first-order chi connectivity index (χ1) is 18.5. The standard InChI is InChI=1S/C26H29N7O5S/c1-15(2)38-23(24-27-13-16(3)14-28-24)18(5)39(35,36)32-26-31-30-25(19-10-7-9-17(4)29-19)33(26)22-20(34)11-8-12-21(22)37-6/h8-9,11-15,18,23,34H,1-6H3,(H,31,32)/t18-,23+/m0/s1. The number of aromatic hydroxyl groups is 1. The predicted molar refractivity (Wildman–Crippen MR) is 145 cm³/mol. The number of hydrogen-bond donors (Lipinski definition) is 2. The number of anilines is 1. The van der Waals surface area contributed by atoms with Crippen LogP contribution in [0.25, 0.3) is 11.4 Å². The molecule has 0 bridgehead atoms. The van der Waals surface area contributed by atoms with Crippen molar-refractivity contribution < 1.29 is 23.0 Å². The summed E-state index contributed by atoms with van der Waals surface area (Å²) in [7, 11) is -2.77. The summed E-state index contributed by atoms with van der Waals surface area (Å²) in [4.78, 5) is 13.0. The Morgan fingerprint density at radius 3 is 2.46 bits per heavy atom. The summed E-state index contributed by atoms with van der Waals surface area (Å²) in [6, 6.07) is 4.64. The second-order valence-corrected chi connectivity index (χ2v) is 11.1. The average molecular weight is 552 g/mol. The van der Waals surface area contributed by atoms with Crippen LogP contribution >= 0.6 is 0 Å². The van der Waals surface area contributed by atoms with Crippen LogP contribution in [0, 0.1) is 6.92 Å². The Kier molecular flexibility index (Phi) is 7.98. The number of para-hydroxylation sites is 1.